The molecule has 0 saturated carbocycles. The quantitative estimate of drug-likeness (QED) is 0.746. The standard InChI is InChI=1S/C21H23N5O/c1-15-19(16-6-3-2-4-7-16)24-25-20(15)21(27)26-12-9-17(10-13-26)23-18-8-5-11-22-14-18/h2-8,11,14,17,23H,9-10,12-13H2,1H3,(H,24,25). The molecule has 1 aromatic carbocycles. The summed E-state index contributed by atoms with van der Waals surface area (Å²) in [7, 11) is 0. The van der Waals surface area contributed by atoms with Gasteiger partial charge in [-0.3, -0.25) is 14.9 Å². The summed E-state index contributed by atoms with van der Waals surface area (Å²) in [6.07, 6.45) is 5.43. The molecule has 0 radical (unpaired) electrons. The molecule has 0 unspecified atom stereocenters. The first-order valence-corrected chi connectivity index (χ1v) is 9.28. The number of likely N-dealkylation sites (tertiary alicyclic amines) is 1. The van der Waals surface area contributed by atoms with Gasteiger partial charge in [-0.1, -0.05) is 30.3 Å². The maximum atomic E-state index is 13.0. The van der Waals surface area contributed by atoms with Crippen molar-refractivity contribution in [2.24, 2.45) is 0 Å². The number of hydrogen-bond donors (Lipinski definition) is 2. The van der Waals surface area contributed by atoms with Crippen LogP contribution in [-0.2, 0) is 0 Å². The van der Waals surface area contributed by atoms with Crippen LogP contribution >= 0.6 is 0 Å². The maximum absolute atomic E-state index is 13.0. The van der Waals surface area contributed by atoms with E-state index in [0.717, 1.165) is 48.4 Å². The summed E-state index contributed by atoms with van der Waals surface area (Å²) in [6, 6.07) is 14.2. The molecule has 27 heavy (non-hydrogen) atoms. The Morgan fingerprint density at radius 1 is 1.15 bits per heavy atom. The number of anilines is 1. The molecule has 1 fully saturated rings. The van der Waals surface area contributed by atoms with Gasteiger partial charge in [0.2, 0.25) is 0 Å². The molecule has 1 saturated heterocycles. The summed E-state index contributed by atoms with van der Waals surface area (Å²) >= 11 is 0. The van der Waals surface area contributed by atoms with Gasteiger partial charge in [0.1, 0.15) is 5.69 Å². The van der Waals surface area contributed by atoms with Gasteiger partial charge in [-0.2, -0.15) is 5.10 Å². The van der Waals surface area contributed by atoms with Crippen LogP contribution in [0.2, 0.25) is 0 Å². The molecule has 2 N–H and O–H groups in total. The van der Waals surface area contributed by atoms with E-state index in [9.17, 15) is 4.79 Å². The Morgan fingerprint density at radius 2 is 1.93 bits per heavy atom. The Morgan fingerprint density at radius 3 is 2.63 bits per heavy atom. The Hall–Kier alpha value is -3.15. The summed E-state index contributed by atoms with van der Waals surface area (Å²) in [4.78, 5) is 19.0. The lowest BCUT2D eigenvalue weighted by Gasteiger charge is -2.32. The second kappa shape index (κ2) is 7.61. The predicted octanol–water partition coefficient (Wildman–Crippen LogP) is 3.50. The third-order valence-electron chi connectivity index (χ3n) is 5.09. The van der Waals surface area contributed by atoms with Crippen molar-refractivity contribution in [1.82, 2.24) is 20.1 Å². The highest BCUT2D eigenvalue weighted by atomic mass is 16.2. The van der Waals surface area contributed by atoms with Gasteiger partial charge in [-0.25, -0.2) is 0 Å². The molecule has 3 aromatic rings. The number of H-pyrrole nitrogens is 1. The van der Waals surface area contributed by atoms with Gasteiger partial charge >= 0.3 is 0 Å². The lowest BCUT2D eigenvalue weighted by atomic mass is 10.0. The lowest BCUT2D eigenvalue weighted by Crippen LogP contribution is -2.42. The zero-order valence-electron chi connectivity index (χ0n) is 15.4. The van der Waals surface area contributed by atoms with Crippen molar-refractivity contribution in [2.75, 3.05) is 18.4 Å². The largest absolute Gasteiger partial charge is 0.381 e. The molecule has 0 bridgehead atoms. The summed E-state index contributed by atoms with van der Waals surface area (Å²) in [5.74, 6) is 0.0296. The van der Waals surface area contributed by atoms with Crippen LogP contribution < -0.4 is 5.32 Å². The molecule has 2 aromatic heterocycles. The number of nitrogens with zero attached hydrogens (tertiary/aromatic N) is 3. The number of carbonyl (C=O) groups is 1. The number of hydrogen-bond acceptors (Lipinski definition) is 4. The fraction of sp³-hybridized carbons (Fsp3) is 0.286. The van der Waals surface area contributed by atoms with E-state index in [1.54, 1.807) is 6.20 Å². The first-order valence-electron chi connectivity index (χ1n) is 9.28. The van der Waals surface area contributed by atoms with Crippen LogP contribution in [-0.4, -0.2) is 45.1 Å². The summed E-state index contributed by atoms with van der Waals surface area (Å²) in [5, 5.41) is 10.8. The Kier molecular flexibility index (Phi) is 4.87. The number of benzene rings is 1. The summed E-state index contributed by atoms with van der Waals surface area (Å²) < 4.78 is 0. The molecular formula is C21H23N5O. The highest BCUT2D eigenvalue weighted by molar-refractivity contribution is 5.95. The van der Waals surface area contributed by atoms with E-state index in [1.807, 2.05) is 60.5 Å². The predicted molar refractivity (Wildman–Crippen MR) is 106 cm³/mol. The van der Waals surface area contributed by atoms with E-state index in [2.05, 4.69) is 20.5 Å². The van der Waals surface area contributed by atoms with Gasteiger partial charge in [0, 0.05) is 42.7 Å². The van der Waals surface area contributed by atoms with Crippen molar-refractivity contribution in [2.45, 2.75) is 25.8 Å². The lowest BCUT2D eigenvalue weighted by molar-refractivity contribution is 0.0712. The van der Waals surface area contributed by atoms with Gasteiger partial charge in [-0.15, -0.1) is 0 Å². The third-order valence-corrected chi connectivity index (χ3v) is 5.09. The number of pyridine rings is 1. The second-order valence-corrected chi connectivity index (χ2v) is 6.89. The Bertz CT molecular complexity index is 899. The number of aromatic nitrogens is 3. The fourth-order valence-corrected chi connectivity index (χ4v) is 3.55. The van der Waals surface area contributed by atoms with E-state index in [-0.39, 0.29) is 5.91 Å². The molecule has 3 heterocycles. The van der Waals surface area contributed by atoms with Gasteiger partial charge in [-0.05, 0) is 31.9 Å². The molecule has 6 heteroatoms. The number of nitrogens with one attached hydrogen (secondary N) is 2. The normalized spacial score (nSPS) is 14.9. The van der Waals surface area contributed by atoms with Crippen molar-refractivity contribution in [3.8, 4) is 11.3 Å². The average molecular weight is 361 g/mol. The molecule has 0 aliphatic carbocycles. The molecule has 0 spiro atoms. The van der Waals surface area contributed by atoms with Crippen molar-refractivity contribution in [3.63, 3.8) is 0 Å². The van der Waals surface area contributed by atoms with Crippen LogP contribution in [0, 0.1) is 6.92 Å². The van der Waals surface area contributed by atoms with Crippen LogP contribution in [0.4, 0.5) is 5.69 Å². The minimum atomic E-state index is 0.0296. The summed E-state index contributed by atoms with van der Waals surface area (Å²) in [5.41, 5.74) is 4.38. The number of carbonyl (C=O) groups excluding carboxylic acids is 1. The fourth-order valence-electron chi connectivity index (χ4n) is 3.55. The molecule has 138 valence electrons. The molecular weight excluding hydrogens is 338 g/mol. The highest BCUT2D eigenvalue weighted by Gasteiger charge is 2.26. The van der Waals surface area contributed by atoms with Crippen LogP contribution in [0.3, 0.4) is 0 Å². The molecule has 1 aliphatic heterocycles. The zero-order valence-corrected chi connectivity index (χ0v) is 15.4. The molecule has 1 aliphatic rings. The summed E-state index contributed by atoms with van der Waals surface area (Å²) in [6.45, 7) is 3.42. The van der Waals surface area contributed by atoms with Crippen LogP contribution in [0.15, 0.2) is 54.9 Å². The van der Waals surface area contributed by atoms with Crippen molar-refractivity contribution >= 4 is 11.6 Å². The Balaban J connectivity index is 1.41. The van der Waals surface area contributed by atoms with Crippen LogP contribution in [0.25, 0.3) is 11.3 Å². The molecule has 1 amide bonds. The van der Waals surface area contributed by atoms with E-state index in [0.29, 0.717) is 11.7 Å². The third kappa shape index (κ3) is 3.69. The van der Waals surface area contributed by atoms with Crippen molar-refractivity contribution in [1.29, 1.82) is 0 Å². The zero-order chi connectivity index (χ0) is 18.6. The number of piperidine rings is 1. The van der Waals surface area contributed by atoms with Gasteiger partial charge in [0.05, 0.1) is 11.4 Å². The van der Waals surface area contributed by atoms with E-state index < -0.39 is 0 Å². The number of amides is 1. The molecule has 6 nitrogen and oxygen atoms in total. The first kappa shape index (κ1) is 17.3. The maximum Gasteiger partial charge on any atom is 0.272 e. The minimum Gasteiger partial charge on any atom is -0.381 e. The monoisotopic (exact) mass is 361 g/mol. The van der Waals surface area contributed by atoms with E-state index >= 15 is 0 Å². The second-order valence-electron chi connectivity index (χ2n) is 6.89. The molecule has 4 rings (SSSR count). The van der Waals surface area contributed by atoms with Crippen molar-refractivity contribution < 1.29 is 4.79 Å². The van der Waals surface area contributed by atoms with Crippen LogP contribution in [0.5, 0.6) is 0 Å². The SMILES string of the molecule is Cc1c(-c2ccccc2)n[nH]c1C(=O)N1CCC(Nc2cccnc2)CC1. The molecule has 0 atom stereocenters. The van der Waals surface area contributed by atoms with E-state index in [4.69, 9.17) is 0 Å². The van der Waals surface area contributed by atoms with Gasteiger partial charge < -0.3 is 10.2 Å². The smallest absolute Gasteiger partial charge is 0.272 e. The number of aromatic amines is 1. The van der Waals surface area contributed by atoms with Gasteiger partial charge in [0.15, 0.2) is 0 Å². The Labute approximate surface area is 158 Å². The van der Waals surface area contributed by atoms with Gasteiger partial charge in [0.25, 0.3) is 5.91 Å². The van der Waals surface area contributed by atoms with Crippen molar-refractivity contribution in [3.05, 3.63) is 66.1 Å². The average Bonchev–Trinajstić information content (AvgIpc) is 3.11. The topological polar surface area (TPSA) is 73.9 Å². The van der Waals surface area contributed by atoms with Crippen LogP contribution in [0.1, 0.15) is 28.9 Å². The minimum absolute atomic E-state index is 0.0296. The first-order chi connectivity index (χ1) is 13.2. The number of rotatable bonds is 4. The highest BCUT2D eigenvalue weighted by Crippen LogP contribution is 2.24. The van der Waals surface area contributed by atoms with E-state index in [1.165, 1.54) is 0 Å².